The van der Waals surface area contributed by atoms with Crippen LogP contribution in [0.3, 0.4) is 0 Å². The van der Waals surface area contributed by atoms with E-state index in [9.17, 15) is 9.90 Å². The van der Waals surface area contributed by atoms with Crippen LogP contribution in [0.2, 0.25) is 0 Å². The number of furan rings is 1. The molecule has 2 rings (SSSR count). The van der Waals surface area contributed by atoms with Gasteiger partial charge in [-0.15, -0.1) is 0 Å². The van der Waals surface area contributed by atoms with E-state index in [-0.39, 0.29) is 11.5 Å². The number of hydrogen-bond donors (Lipinski definition) is 2. The van der Waals surface area contributed by atoms with E-state index in [1.165, 1.54) is 13.2 Å². The number of carbonyl (C=O) groups excluding carboxylic acids is 1. The molecule has 0 aliphatic carbocycles. The Balaban J connectivity index is 2.47. The number of aromatic hydroxyl groups is 1. The zero-order valence-corrected chi connectivity index (χ0v) is 8.64. The lowest BCUT2D eigenvalue weighted by Crippen LogP contribution is -2.21. The number of para-hydroxylation sites is 1. The zero-order valence-electron chi connectivity index (χ0n) is 8.64. The van der Waals surface area contributed by atoms with Crippen LogP contribution >= 0.6 is 0 Å². The van der Waals surface area contributed by atoms with Crippen molar-refractivity contribution in [2.45, 2.75) is 6.04 Å². The van der Waals surface area contributed by atoms with Crippen molar-refractivity contribution in [3.05, 3.63) is 30.0 Å². The second kappa shape index (κ2) is 3.86. The summed E-state index contributed by atoms with van der Waals surface area (Å²) >= 11 is 0. The van der Waals surface area contributed by atoms with Crippen LogP contribution in [-0.4, -0.2) is 18.2 Å². The molecule has 0 bridgehead atoms. The third kappa shape index (κ3) is 1.61. The van der Waals surface area contributed by atoms with Gasteiger partial charge in [-0.3, -0.25) is 0 Å². The maximum atomic E-state index is 11.2. The van der Waals surface area contributed by atoms with Gasteiger partial charge in [0.25, 0.3) is 0 Å². The van der Waals surface area contributed by atoms with Crippen molar-refractivity contribution in [1.29, 1.82) is 0 Å². The average molecular weight is 221 g/mol. The summed E-state index contributed by atoms with van der Waals surface area (Å²) in [5.41, 5.74) is 5.93. The number of methoxy groups -OCH3 is 1. The van der Waals surface area contributed by atoms with E-state index in [4.69, 9.17) is 10.2 Å². The Bertz CT molecular complexity index is 532. The number of phenolic OH excluding ortho intramolecular Hbond substituents is 1. The van der Waals surface area contributed by atoms with E-state index in [1.807, 2.05) is 0 Å². The molecule has 3 N–H and O–H groups in total. The van der Waals surface area contributed by atoms with Crippen LogP contribution < -0.4 is 5.73 Å². The third-order valence-corrected chi connectivity index (χ3v) is 2.30. The highest BCUT2D eigenvalue weighted by Gasteiger charge is 2.21. The predicted octanol–water partition coefficient (Wildman–Crippen LogP) is 1.31. The fourth-order valence-electron chi connectivity index (χ4n) is 1.46. The van der Waals surface area contributed by atoms with Gasteiger partial charge in [0.2, 0.25) is 0 Å². The van der Waals surface area contributed by atoms with Crippen molar-refractivity contribution in [3.63, 3.8) is 0 Å². The van der Waals surface area contributed by atoms with Gasteiger partial charge >= 0.3 is 5.97 Å². The van der Waals surface area contributed by atoms with Crippen molar-refractivity contribution in [2.75, 3.05) is 7.11 Å². The summed E-state index contributed by atoms with van der Waals surface area (Å²) in [4.78, 5) is 11.2. The van der Waals surface area contributed by atoms with Crippen LogP contribution in [0.15, 0.2) is 28.7 Å². The fraction of sp³-hybridized carbons (Fsp3) is 0.182. The quantitative estimate of drug-likeness (QED) is 0.747. The van der Waals surface area contributed by atoms with Gasteiger partial charge in [0, 0.05) is 5.39 Å². The summed E-state index contributed by atoms with van der Waals surface area (Å²) in [5, 5.41) is 10.2. The molecule has 0 radical (unpaired) electrons. The van der Waals surface area contributed by atoms with Gasteiger partial charge in [-0.2, -0.15) is 0 Å². The van der Waals surface area contributed by atoms with E-state index in [2.05, 4.69) is 4.74 Å². The minimum Gasteiger partial charge on any atom is -0.504 e. The maximum Gasteiger partial charge on any atom is 0.330 e. The molecule has 0 aliphatic heterocycles. The molecule has 0 fully saturated rings. The topological polar surface area (TPSA) is 85.7 Å². The molecule has 0 saturated carbocycles. The largest absolute Gasteiger partial charge is 0.504 e. The fourth-order valence-corrected chi connectivity index (χ4v) is 1.46. The van der Waals surface area contributed by atoms with Crippen molar-refractivity contribution < 1.29 is 19.1 Å². The van der Waals surface area contributed by atoms with E-state index in [1.54, 1.807) is 18.2 Å². The molecule has 5 heteroatoms. The van der Waals surface area contributed by atoms with Crippen molar-refractivity contribution in [2.24, 2.45) is 5.73 Å². The summed E-state index contributed by atoms with van der Waals surface area (Å²) in [6.07, 6.45) is 0. The Morgan fingerprint density at radius 2 is 2.31 bits per heavy atom. The minimum atomic E-state index is -0.975. The first-order chi connectivity index (χ1) is 7.63. The summed E-state index contributed by atoms with van der Waals surface area (Å²) in [6, 6.07) is 5.57. The molecule has 1 unspecified atom stereocenters. The highest BCUT2D eigenvalue weighted by Crippen LogP contribution is 2.29. The molecule has 0 saturated heterocycles. The molecule has 1 atom stereocenters. The summed E-state index contributed by atoms with van der Waals surface area (Å²) in [5.74, 6) is -0.303. The van der Waals surface area contributed by atoms with Crippen molar-refractivity contribution in [1.82, 2.24) is 0 Å². The Morgan fingerprint density at radius 3 is 2.94 bits per heavy atom. The molecule has 0 amide bonds. The van der Waals surface area contributed by atoms with E-state index < -0.39 is 12.0 Å². The SMILES string of the molecule is COC(=O)C(N)c1cc2cccc(O)c2o1. The lowest BCUT2D eigenvalue weighted by Gasteiger charge is -2.04. The van der Waals surface area contributed by atoms with Gasteiger partial charge in [0.1, 0.15) is 5.76 Å². The van der Waals surface area contributed by atoms with Gasteiger partial charge in [-0.05, 0) is 12.1 Å². The normalized spacial score (nSPS) is 12.6. The van der Waals surface area contributed by atoms with E-state index in [0.717, 1.165) is 0 Å². The van der Waals surface area contributed by atoms with Crippen LogP contribution in [0.25, 0.3) is 11.0 Å². The first kappa shape index (κ1) is 10.5. The molecule has 1 aromatic heterocycles. The van der Waals surface area contributed by atoms with Crippen molar-refractivity contribution >= 4 is 16.9 Å². The highest BCUT2D eigenvalue weighted by atomic mass is 16.5. The molecule has 16 heavy (non-hydrogen) atoms. The van der Waals surface area contributed by atoms with Gasteiger partial charge in [-0.1, -0.05) is 12.1 Å². The van der Waals surface area contributed by atoms with Crippen LogP contribution in [0.1, 0.15) is 11.8 Å². The summed E-state index contributed by atoms with van der Waals surface area (Å²) in [7, 11) is 1.25. The zero-order chi connectivity index (χ0) is 11.7. The molecule has 2 aromatic rings. The number of nitrogens with two attached hydrogens (primary N) is 1. The number of hydrogen-bond acceptors (Lipinski definition) is 5. The minimum absolute atomic E-state index is 0.0146. The Morgan fingerprint density at radius 1 is 1.56 bits per heavy atom. The molecule has 84 valence electrons. The smallest absolute Gasteiger partial charge is 0.330 e. The Hall–Kier alpha value is -2.01. The highest BCUT2D eigenvalue weighted by molar-refractivity contribution is 5.85. The van der Waals surface area contributed by atoms with Crippen molar-refractivity contribution in [3.8, 4) is 5.75 Å². The number of ether oxygens (including phenoxy) is 1. The average Bonchev–Trinajstić information content (AvgIpc) is 2.72. The lowest BCUT2D eigenvalue weighted by atomic mass is 10.2. The maximum absolute atomic E-state index is 11.2. The first-order valence-electron chi connectivity index (χ1n) is 4.68. The predicted molar refractivity (Wildman–Crippen MR) is 56.8 cm³/mol. The summed E-state index contributed by atoms with van der Waals surface area (Å²) < 4.78 is 9.81. The Kier molecular flexibility index (Phi) is 2.54. The number of phenols is 1. The number of fused-ring (bicyclic) bond motifs is 1. The molecule has 5 nitrogen and oxygen atoms in total. The number of rotatable bonds is 2. The molecule has 1 aromatic carbocycles. The second-order valence-corrected chi connectivity index (χ2v) is 3.35. The summed E-state index contributed by atoms with van der Waals surface area (Å²) in [6.45, 7) is 0. The first-order valence-corrected chi connectivity index (χ1v) is 4.68. The van der Waals surface area contributed by atoms with Crippen LogP contribution in [0.5, 0.6) is 5.75 Å². The number of benzene rings is 1. The Labute approximate surface area is 91.4 Å². The van der Waals surface area contributed by atoms with Crippen LogP contribution in [0.4, 0.5) is 0 Å². The second-order valence-electron chi connectivity index (χ2n) is 3.35. The molecular weight excluding hydrogens is 210 g/mol. The van der Waals surface area contributed by atoms with Gasteiger partial charge in [0.05, 0.1) is 7.11 Å². The van der Waals surface area contributed by atoms with Gasteiger partial charge < -0.3 is 20.0 Å². The van der Waals surface area contributed by atoms with E-state index in [0.29, 0.717) is 11.0 Å². The van der Waals surface area contributed by atoms with Gasteiger partial charge in [-0.25, -0.2) is 4.79 Å². The monoisotopic (exact) mass is 221 g/mol. The third-order valence-electron chi connectivity index (χ3n) is 2.30. The molecule has 1 heterocycles. The molecular formula is C11H11NO4. The van der Waals surface area contributed by atoms with Crippen LogP contribution in [0, 0.1) is 0 Å². The van der Waals surface area contributed by atoms with Gasteiger partial charge in [0.15, 0.2) is 17.4 Å². The lowest BCUT2D eigenvalue weighted by molar-refractivity contribution is -0.142. The van der Waals surface area contributed by atoms with E-state index >= 15 is 0 Å². The van der Waals surface area contributed by atoms with Crippen LogP contribution in [-0.2, 0) is 9.53 Å². The molecule has 0 aliphatic rings. The number of carbonyl (C=O) groups is 1. The number of esters is 1. The molecule has 0 spiro atoms. The standard InChI is InChI=1S/C11H11NO4/c1-15-11(14)9(12)8-5-6-3-2-4-7(13)10(6)16-8/h2-5,9,13H,12H2,1H3.